The number of benzene rings is 1. The number of carboxylic acids is 1. The molecule has 0 saturated carbocycles. The standard InChI is InChI=1S/C16H15NO3S/c18-16(19)15-9-12-8-11(3-4-14(12)20-15)10-17-6-5-13-2-1-7-21-13/h1-4,7-9,17H,5-6,10H2,(H,18,19). The maximum absolute atomic E-state index is 10.9. The molecule has 21 heavy (non-hydrogen) atoms. The molecule has 5 heteroatoms. The van der Waals surface area contributed by atoms with Crippen LogP contribution in [-0.4, -0.2) is 17.6 Å². The van der Waals surface area contributed by atoms with Crippen LogP contribution in [0.2, 0.25) is 0 Å². The Hall–Kier alpha value is -2.11. The molecule has 0 atom stereocenters. The molecule has 0 unspecified atom stereocenters. The third-order valence-electron chi connectivity index (χ3n) is 3.25. The molecule has 0 bridgehead atoms. The van der Waals surface area contributed by atoms with Crippen LogP contribution >= 0.6 is 11.3 Å². The van der Waals surface area contributed by atoms with Crippen LogP contribution in [0.5, 0.6) is 0 Å². The lowest BCUT2D eigenvalue weighted by molar-refractivity contribution is 0.0665. The van der Waals surface area contributed by atoms with Gasteiger partial charge in [0.15, 0.2) is 0 Å². The Morgan fingerprint density at radius 2 is 2.19 bits per heavy atom. The molecule has 0 amide bonds. The summed E-state index contributed by atoms with van der Waals surface area (Å²) in [6.07, 6.45) is 1.02. The fourth-order valence-corrected chi connectivity index (χ4v) is 2.92. The summed E-state index contributed by atoms with van der Waals surface area (Å²) in [5, 5.41) is 15.2. The number of carboxylic acid groups (broad SMARTS) is 1. The zero-order valence-electron chi connectivity index (χ0n) is 11.3. The van der Waals surface area contributed by atoms with Crippen molar-refractivity contribution in [3.8, 4) is 0 Å². The molecular weight excluding hydrogens is 286 g/mol. The van der Waals surface area contributed by atoms with Crippen LogP contribution in [0, 0.1) is 0 Å². The Bertz CT molecular complexity index is 746. The lowest BCUT2D eigenvalue weighted by Gasteiger charge is -2.04. The number of rotatable bonds is 6. The third-order valence-corrected chi connectivity index (χ3v) is 4.19. The monoisotopic (exact) mass is 301 g/mol. The molecular formula is C16H15NO3S. The first-order chi connectivity index (χ1) is 10.2. The van der Waals surface area contributed by atoms with E-state index in [0.717, 1.165) is 30.5 Å². The van der Waals surface area contributed by atoms with Crippen molar-refractivity contribution in [3.63, 3.8) is 0 Å². The van der Waals surface area contributed by atoms with Crippen molar-refractivity contribution in [2.75, 3.05) is 6.54 Å². The van der Waals surface area contributed by atoms with E-state index in [0.29, 0.717) is 5.58 Å². The Kier molecular flexibility index (Phi) is 4.03. The van der Waals surface area contributed by atoms with E-state index in [1.165, 1.54) is 4.88 Å². The van der Waals surface area contributed by atoms with E-state index < -0.39 is 5.97 Å². The van der Waals surface area contributed by atoms with Crippen molar-refractivity contribution in [3.05, 3.63) is 58.0 Å². The van der Waals surface area contributed by atoms with Crippen LogP contribution < -0.4 is 5.32 Å². The molecule has 3 aromatic rings. The fourth-order valence-electron chi connectivity index (χ4n) is 2.21. The molecule has 1 aromatic carbocycles. The summed E-state index contributed by atoms with van der Waals surface area (Å²) in [6, 6.07) is 11.5. The molecule has 3 rings (SSSR count). The van der Waals surface area contributed by atoms with Gasteiger partial charge in [-0.1, -0.05) is 12.1 Å². The van der Waals surface area contributed by atoms with Gasteiger partial charge < -0.3 is 14.8 Å². The van der Waals surface area contributed by atoms with Gasteiger partial charge in [0.25, 0.3) is 0 Å². The Labute approximate surface area is 126 Å². The van der Waals surface area contributed by atoms with Gasteiger partial charge in [-0.2, -0.15) is 0 Å². The Balaban J connectivity index is 1.60. The quantitative estimate of drug-likeness (QED) is 0.684. The minimum atomic E-state index is -1.04. The van der Waals surface area contributed by atoms with Gasteiger partial charge >= 0.3 is 5.97 Å². The zero-order valence-corrected chi connectivity index (χ0v) is 12.2. The molecule has 0 aliphatic rings. The molecule has 0 radical (unpaired) electrons. The highest BCUT2D eigenvalue weighted by Crippen LogP contribution is 2.20. The molecule has 2 N–H and O–H groups in total. The minimum Gasteiger partial charge on any atom is -0.475 e. The number of furan rings is 1. The van der Waals surface area contributed by atoms with Crippen LogP contribution in [0.25, 0.3) is 11.0 Å². The van der Waals surface area contributed by atoms with Crippen molar-refractivity contribution in [2.24, 2.45) is 0 Å². The second kappa shape index (κ2) is 6.11. The van der Waals surface area contributed by atoms with Crippen molar-refractivity contribution in [1.82, 2.24) is 5.32 Å². The number of hydrogen-bond donors (Lipinski definition) is 2. The third kappa shape index (κ3) is 3.32. The lowest BCUT2D eigenvalue weighted by atomic mass is 10.1. The van der Waals surface area contributed by atoms with Gasteiger partial charge in [-0.25, -0.2) is 4.79 Å². The smallest absolute Gasteiger partial charge is 0.371 e. The van der Waals surface area contributed by atoms with E-state index in [4.69, 9.17) is 9.52 Å². The Morgan fingerprint density at radius 1 is 1.29 bits per heavy atom. The summed E-state index contributed by atoms with van der Waals surface area (Å²) < 4.78 is 5.24. The summed E-state index contributed by atoms with van der Waals surface area (Å²) >= 11 is 1.77. The first-order valence-electron chi connectivity index (χ1n) is 6.71. The maximum Gasteiger partial charge on any atom is 0.371 e. The van der Waals surface area contributed by atoms with Crippen molar-refractivity contribution >= 4 is 28.3 Å². The van der Waals surface area contributed by atoms with E-state index in [-0.39, 0.29) is 5.76 Å². The summed E-state index contributed by atoms with van der Waals surface area (Å²) in [5.74, 6) is -1.06. The normalized spacial score (nSPS) is 11.0. The number of fused-ring (bicyclic) bond motifs is 1. The lowest BCUT2D eigenvalue weighted by Crippen LogP contribution is -2.16. The maximum atomic E-state index is 10.9. The molecule has 0 aliphatic carbocycles. The average Bonchev–Trinajstić information content (AvgIpc) is 3.12. The van der Waals surface area contributed by atoms with Crippen molar-refractivity contribution in [1.29, 1.82) is 0 Å². The van der Waals surface area contributed by atoms with Crippen LogP contribution in [0.4, 0.5) is 0 Å². The predicted molar refractivity (Wildman–Crippen MR) is 82.9 cm³/mol. The summed E-state index contributed by atoms with van der Waals surface area (Å²) in [5.41, 5.74) is 1.72. The molecule has 0 saturated heterocycles. The van der Waals surface area contributed by atoms with Gasteiger partial charge in [-0.3, -0.25) is 0 Å². The van der Waals surface area contributed by atoms with Crippen LogP contribution in [-0.2, 0) is 13.0 Å². The number of nitrogens with one attached hydrogen (secondary N) is 1. The highest BCUT2D eigenvalue weighted by Gasteiger charge is 2.10. The highest BCUT2D eigenvalue weighted by molar-refractivity contribution is 7.09. The molecule has 0 aliphatic heterocycles. The van der Waals surface area contributed by atoms with Crippen LogP contribution in [0.1, 0.15) is 21.0 Å². The van der Waals surface area contributed by atoms with E-state index in [2.05, 4.69) is 22.8 Å². The number of aromatic carboxylic acids is 1. The fraction of sp³-hybridized carbons (Fsp3) is 0.188. The summed E-state index contributed by atoms with van der Waals surface area (Å²) in [7, 11) is 0. The first kappa shape index (κ1) is 13.9. The average molecular weight is 301 g/mol. The van der Waals surface area contributed by atoms with E-state index >= 15 is 0 Å². The SMILES string of the molecule is O=C(O)c1cc2cc(CNCCc3cccs3)ccc2o1. The zero-order chi connectivity index (χ0) is 14.7. The Morgan fingerprint density at radius 3 is 2.95 bits per heavy atom. The van der Waals surface area contributed by atoms with Gasteiger partial charge in [0.2, 0.25) is 5.76 Å². The number of thiophene rings is 1. The molecule has 2 aromatic heterocycles. The molecule has 0 fully saturated rings. The predicted octanol–water partition coefficient (Wildman–Crippen LogP) is 3.52. The van der Waals surface area contributed by atoms with Gasteiger partial charge in [0.1, 0.15) is 5.58 Å². The number of hydrogen-bond acceptors (Lipinski definition) is 4. The highest BCUT2D eigenvalue weighted by atomic mass is 32.1. The topological polar surface area (TPSA) is 62.5 Å². The molecule has 108 valence electrons. The van der Waals surface area contributed by atoms with Gasteiger partial charge in [0.05, 0.1) is 0 Å². The van der Waals surface area contributed by atoms with Gasteiger partial charge in [0, 0.05) is 23.4 Å². The van der Waals surface area contributed by atoms with E-state index in [9.17, 15) is 4.79 Å². The second-order valence-electron chi connectivity index (χ2n) is 4.79. The van der Waals surface area contributed by atoms with E-state index in [1.807, 2.05) is 18.2 Å². The first-order valence-corrected chi connectivity index (χ1v) is 7.59. The van der Waals surface area contributed by atoms with Crippen molar-refractivity contribution in [2.45, 2.75) is 13.0 Å². The largest absolute Gasteiger partial charge is 0.475 e. The molecule has 4 nitrogen and oxygen atoms in total. The van der Waals surface area contributed by atoms with Crippen LogP contribution in [0.3, 0.4) is 0 Å². The van der Waals surface area contributed by atoms with E-state index in [1.54, 1.807) is 17.4 Å². The number of carbonyl (C=O) groups is 1. The van der Waals surface area contributed by atoms with Gasteiger partial charge in [-0.15, -0.1) is 11.3 Å². The van der Waals surface area contributed by atoms with Crippen LogP contribution in [0.15, 0.2) is 46.2 Å². The summed E-state index contributed by atoms with van der Waals surface area (Å²) in [6.45, 7) is 1.68. The van der Waals surface area contributed by atoms with Crippen molar-refractivity contribution < 1.29 is 14.3 Å². The minimum absolute atomic E-state index is 0.0206. The summed E-state index contributed by atoms with van der Waals surface area (Å²) in [4.78, 5) is 12.2. The second-order valence-corrected chi connectivity index (χ2v) is 5.83. The molecule has 2 heterocycles. The molecule has 0 spiro atoms. The van der Waals surface area contributed by atoms with Gasteiger partial charge in [-0.05, 0) is 41.6 Å².